The third-order valence-electron chi connectivity index (χ3n) is 3.35. The molecule has 0 saturated heterocycles. The van der Waals surface area contributed by atoms with Crippen LogP contribution in [-0.4, -0.2) is 13.6 Å². The first-order valence-electron chi connectivity index (χ1n) is 6.13. The van der Waals surface area contributed by atoms with E-state index in [2.05, 4.69) is 31.3 Å². The van der Waals surface area contributed by atoms with Crippen molar-refractivity contribution in [3.8, 4) is 0 Å². The zero-order valence-electron chi connectivity index (χ0n) is 10.5. The van der Waals surface area contributed by atoms with Crippen LogP contribution in [0.4, 0.5) is 0 Å². The number of hydrogen-bond donors (Lipinski definition) is 1. The van der Waals surface area contributed by atoms with Crippen LogP contribution in [0.3, 0.4) is 0 Å². The van der Waals surface area contributed by atoms with Gasteiger partial charge in [0.2, 0.25) is 0 Å². The molecule has 0 bridgehead atoms. The summed E-state index contributed by atoms with van der Waals surface area (Å²) in [6, 6.07) is 8.21. The summed E-state index contributed by atoms with van der Waals surface area (Å²) in [5.41, 5.74) is 1.28. The normalized spacial score (nSPS) is 13.1. The van der Waals surface area contributed by atoms with Gasteiger partial charge in [0.05, 0.1) is 0 Å². The van der Waals surface area contributed by atoms with Crippen LogP contribution >= 0.6 is 11.6 Å². The summed E-state index contributed by atoms with van der Waals surface area (Å²) in [5.74, 6) is 1.22. The highest BCUT2D eigenvalue weighted by atomic mass is 35.5. The molecule has 16 heavy (non-hydrogen) atoms. The van der Waals surface area contributed by atoms with Gasteiger partial charge in [-0.3, -0.25) is 0 Å². The minimum absolute atomic E-state index is 0.522. The number of halogens is 1. The molecule has 0 aliphatic heterocycles. The molecule has 0 aromatic heterocycles. The number of hydrogen-bond acceptors (Lipinski definition) is 1. The molecule has 90 valence electrons. The fraction of sp³-hybridized carbons (Fsp3) is 0.571. The first kappa shape index (κ1) is 13.5. The smallest absolute Gasteiger partial charge is 0.0441 e. The Hall–Kier alpha value is -0.530. The molecule has 0 heterocycles. The van der Waals surface area contributed by atoms with Crippen molar-refractivity contribution in [3.05, 3.63) is 34.9 Å². The molecule has 1 aromatic rings. The van der Waals surface area contributed by atoms with E-state index in [4.69, 9.17) is 11.6 Å². The molecule has 0 amide bonds. The highest BCUT2D eigenvalue weighted by Gasteiger charge is 2.21. The summed E-state index contributed by atoms with van der Waals surface area (Å²) in [7, 11) is 2.01. The number of likely N-dealkylation sites (N-methyl/N-ethyl adjacent to an activating group) is 1. The highest BCUT2D eigenvalue weighted by Crippen LogP contribution is 2.33. The average molecular weight is 240 g/mol. The summed E-state index contributed by atoms with van der Waals surface area (Å²) in [6.07, 6.45) is 2.40. The van der Waals surface area contributed by atoms with Crippen molar-refractivity contribution in [2.45, 2.75) is 32.6 Å². The molecule has 1 rings (SSSR count). The van der Waals surface area contributed by atoms with Crippen molar-refractivity contribution >= 4 is 11.6 Å². The molecule has 0 aliphatic carbocycles. The van der Waals surface area contributed by atoms with Crippen LogP contribution in [0.5, 0.6) is 0 Å². The summed E-state index contributed by atoms with van der Waals surface area (Å²) in [6.45, 7) is 5.51. The molecule has 0 saturated carbocycles. The summed E-state index contributed by atoms with van der Waals surface area (Å²) in [5, 5.41) is 4.18. The third kappa shape index (κ3) is 3.23. The van der Waals surface area contributed by atoms with Gasteiger partial charge in [-0.2, -0.15) is 0 Å². The van der Waals surface area contributed by atoms with Gasteiger partial charge in [-0.25, -0.2) is 0 Å². The molecule has 0 spiro atoms. The maximum absolute atomic E-state index is 6.28. The first-order valence-corrected chi connectivity index (χ1v) is 6.51. The predicted octanol–water partition coefficient (Wildman–Crippen LogP) is 4.08. The maximum atomic E-state index is 6.28. The minimum atomic E-state index is 0.522. The van der Waals surface area contributed by atoms with Crippen molar-refractivity contribution in [1.82, 2.24) is 5.32 Å². The van der Waals surface area contributed by atoms with Crippen LogP contribution in [-0.2, 0) is 0 Å². The molecule has 0 radical (unpaired) electrons. The van der Waals surface area contributed by atoms with Crippen molar-refractivity contribution in [2.75, 3.05) is 13.6 Å². The van der Waals surface area contributed by atoms with Gasteiger partial charge >= 0.3 is 0 Å². The third-order valence-corrected chi connectivity index (χ3v) is 3.69. The first-order chi connectivity index (χ1) is 7.74. The van der Waals surface area contributed by atoms with Crippen LogP contribution in [0, 0.1) is 5.92 Å². The standard InChI is InChI=1S/C14H22ClN/c1-4-11(5-2)13(10-16-3)12-8-6-7-9-14(12)15/h6-9,11,13,16H,4-5,10H2,1-3H3. The molecular weight excluding hydrogens is 218 g/mol. The van der Waals surface area contributed by atoms with Gasteiger partial charge in [0.25, 0.3) is 0 Å². The quantitative estimate of drug-likeness (QED) is 0.789. The Morgan fingerprint density at radius 1 is 1.19 bits per heavy atom. The van der Waals surface area contributed by atoms with Crippen molar-refractivity contribution in [2.24, 2.45) is 5.92 Å². The van der Waals surface area contributed by atoms with Crippen LogP contribution in [0.1, 0.15) is 38.2 Å². The van der Waals surface area contributed by atoms with E-state index in [1.807, 2.05) is 19.2 Å². The van der Waals surface area contributed by atoms with E-state index in [9.17, 15) is 0 Å². The Kier molecular flexibility index (Phi) is 5.86. The lowest BCUT2D eigenvalue weighted by molar-refractivity contribution is 0.387. The van der Waals surface area contributed by atoms with Gasteiger partial charge in [0, 0.05) is 17.5 Å². The summed E-state index contributed by atoms with van der Waals surface area (Å²) < 4.78 is 0. The molecule has 1 nitrogen and oxygen atoms in total. The van der Waals surface area contributed by atoms with E-state index >= 15 is 0 Å². The van der Waals surface area contributed by atoms with E-state index in [0.29, 0.717) is 11.8 Å². The zero-order chi connectivity index (χ0) is 12.0. The SMILES string of the molecule is CCC(CC)C(CNC)c1ccccc1Cl. The zero-order valence-corrected chi connectivity index (χ0v) is 11.2. The molecule has 2 heteroatoms. The van der Waals surface area contributed by atoms with Crippen LogP contribution in [0.15, 0.2) is 24.3 Å². The summed E-state index contributed by atoms with van der Waals surface area (Å²) >= 11 is 6.28. The topological polar surface area (TPSA) is 12.0 Å². The molecular formula is C14H22ClN. The highest BCUT2D eigenvalue weighted by molar-refractivity contribution is 6.31. The molecule has 1 aromatic carbocycles. The van der Waals surface area contributed by atoms with E-state index in [-0.39, 0.29) is 0 Å². The molecule has 0 aliphatic rings. The maximum Gasteiger partial charge on any atom is 0.0441 e. The molecule has 1 N–H and O–H groups in total. The average Bonchev–Trinajstić information content (AvgIpc) is 2.30. The monoisotopic (exact) mass is 239 g/mol. The number of nitrogens with one attached hydrogen (secondary N) is 1. The lowest BCUT2D eigenvalue weighted by atomic mass is 9.82. The minimum Gasteiger partial charge on any atom is -0.319 e. The van der Waals surface area contributed by atoms with Gasteiger partial charge in [0.15, 0.2) is 0 Å². The van der Waals surface area contributed by atoms with Gasteiger partial charge < -0.3 is 5.32 Å². The van der Waals surface area contributed by atoms with Crippen LogP contribution in [0.2, 0.25) is 5.02 Å². The molecule has 0 fully saturated rings. The van der Waals surface area contributed by atoms with Gasteiger partial charge in [-0.15, -0.1) is 0 Å². The second-order valence-corrected chi connectivity index (χ2v) is 4.67. The van der Waals surface area contributed by atoms with E-state index in [1.54, 1.807) is 0 Å². The second kappa shape index (κ2) is 6.93. The fourth-order valence-corrected chi connectivity index (χ4v) is 2.66. The van der Waals surface area contributed by atoms with Crippen LogP contribution < -0.4 is 5.32 Å². The lowest BCUT2D eigenvalue weighted by Gasteiger charge is -2.26. The fourth-order valence-electron chi connectivity index (χ4n) is 2.38. The van der Waals surface area contributed by atoms with Crippen molar-refractivity contribution in [1.29, 1.82) is 0 Å². The van der Waals surface area contributed by atoms with Gasteiger partial charge in [-0.1, -0.05) is 56.5 Å². The Morgan fingerprint density at radius 3 is 2.31 bits per heavy atom. The second-order valence-electron chi connectivity index (χ2n) is 4.26. The molecule has 1 atom stereocenters. The Morgan fingerprint density at radius 2 is 1.81 bits per heavy atom. The number of benzene rings is 1. The largest absolute Gasteiger partial charge is 0.319 e. The van der Waals surface area contributed by atoms with Crippen molar-refractivity contribution in [3.63, 3.8) is 0 Å². The summed E-state index contributed by atoms with van der Waals surface area (Å²) in [4.78, 5) is 0. The van der Waals surface area contributed by atoms with E-state index < -0.39 is 0 Å². The Balaban J connectivity index is 2.97. The van der Waals surface area contributed by atoms with E-state index in [1.165, 1.54) is 18.4 Å². The van der Waals surface area contributed by atoms with Gasteiger partial charge in [-0.05, 0) is 24.6 Å². The van der Waals surface area contributed by atoms with E-state index in [0.717, 1.165) is 11.6 Å². The number of rotatable bonds is 6. The Bertz CT molecular complexity index is 307. The van der Waals surface area contributed by atoms with Crippen molar-refractivity contribution < 1.29 is 0 Å². The predicted molar refractivity (Wildman–Crippen MR) is 72.2 cm³/mol. The van der Waals surface area contributed by atoms with Crippen LogP contribution in [0.25, 0.3) is 0 Å². The lowest BCUT2D eigenvalue weighted by Crippen LogP contribution is -2.24. The van der Waals surface area contributed by atoms with Gasteiger partial charge in [0.1, 0.15) is 0 Å². The Labute approximate surface area is 104 Å². The molecule has 1 unspecified atom stereocenters.